The molecule has 0 atom stereocenters. The van der Waals surface area contributed by atoms with Gasteiger partial charge in [0.05, 0.1) is 11.1 Å². The predicted octanol–water partition coefficient (Wildman–Crippen LogP) is 3.35. The van der Waals surface area contributed by atoms with Crippen molar-refractivity contribution >= 4 is 8.80 Å². The van der Waals surface area contributed by atoms with E-state index >= 15 is 0 Å². The van der Waals surface area contributed by atoms with Crippen molar-refractivity contribution in [3.05, 3.63) is 34.9 Å². The van der Waals surface area contributed by atoms with Crippen molar-refractivity contribution in [2.24, 2.45) is 0 Å². The molecule has 23 heavy (non-hydrogen) atoms. The summed E-state index contributed by atoms with van der Waals surface area (Å²) in [4.78, 5) is 26.4. The van der Waals surface area contributed by atoms with Gasteiger partial charge in [-0.25, -0.2) is 0 Å². The molecule has 0 amide bonds. The second kappa shape index (κ2) is 7.20. The molecule has 10 heteroatoms. The first-order chi connectivity index (χ1) is 10.3. The molecular formula is C13H16F6O3Si. The third kappa shape index (κ3) is 7.33. The Bertz CT molecular complexity index is 490. The Labute approximate surface area is 129 Å². The SMILES string of the molecule is O[Si](O)(O)CCCCCc1cc(C(F)(F)F)cc(C(F)(F)F)c1. The average Bonchev–Trinajstić information content (AvgIpc) is 2.34. The van der Waals surface area contributed by atoms with Gasteiger partial charge in [-0.05, 0) is 43.0 Å². The second-order valence-corrected chi connectivity index (χ2v) is 7.30. The first kappa shape index (κ1) is 19.9. The molecule has 0 bridgehead atoms. The molecule has 0 fully saturated rings. The van der Waals surface area contributed by atoms with Crippen LogP contribution in [0.25, 0.3) is 0 Å². The molecule has 0 heterocycles. The first-order valence-electron chi connectivity index (χ1n) is 6.74. The Morgan fingerprint density at radius 1 is 0.739 bits per heavy atom. The summed E-state index contributed by atoms with van der Waals surface area (Å²) in [6.07, 6.45) is -8.92. The number of unbranched alkanes of at least 4 members (excludes halogenated alkanes) is 2. The van der Waals surface area contributed by atoms with Crippen LogP contribution in [0.2, 0.25) is 6.04 Å². The first-order valence-corrected chi connectivity index (χ1v) is 8.79. The number of rotatable bonds is 6. The third-order valence-corrected chi connectivity index (χ3v) is 4.15. The smallest absolute Gasteiger partial charge is 0.390 e. The molecule has 0 aliphatic carbocycles. The van der Waals surface area contributed by atoms with E-state index in [-0.39, 0.29) is 36.9 Å². The lowest BCUT2D eigenvalue weighted by molar-refractivity contribution is -0.143. The van der Waals surface area contributed by atoms with Crippen LogP contribution in [0.15, 0.2) is 18.2 Å². The molecule has 3 N–H and O–H groups in total. The van der Waals surface area contributed by atoms with Crippen LogP contribution >= 0.6 is 0 Å². The van der Waals surface area contributed by atoms with E-state index in [2.05, 4.69) is 0 Å². The fraction of sp³-hybridized carbons (Fsp3) is 0.538. The number of alkyl halides is 6. The van der Waals surface area contributed by atoms with Gasteiger partial charge in [-0.15, -0.1) is 0 Å². The Hall–Kier alpha value is -1.10. The summed E-state index contributed by atoms with van der Waals surface area (Å²) < 4.78 is 76.0. The minimum absolute atomic E-state index is 0.0101. The average molecular weight is 362 g/mol. The van der Waals surface area contributed by atoms with E-state index in [1.807, 2.05) is 0 Å². The second-order valence-electron chi connectivity index (χ2n) is 5.25. The molecular weight excluding hydrogens is 346 g/mol. The Morgan fingerprint density at radius 2 is 1.22 bits per heavy atom. The molecule has 0 aromatic heterocycles. The molecule has 0 radical (unpaired) electrons. The van der Waals surface area contributed by atoms with Gasteiger partial charge in [0.15, 0.2) is 0 Å². The van der Waals surface area contributed by atoms with E-state index in [1.54, 1.807) is 0 Å². The van der Waals surface area contributed by atoms with E-state index in [4.69, 9.17) is 14.4 Å². The van der Waals surface area contributed by atoms with Crippen LogP contribution in [0.3, 0.4) is 0 Å². The van der Waals surface area contributed by atoms with Gasteiger partial charge >= 0.3 is 21.2 Å². The monoisotopic (exact) mass is 362 g/mol. The van der Waals surface area contributed by atoms with E-state index in [1.165, 1.54) is 0 Å². The summed E-state index contributed by atoms with van der Waals surface area (Å²) in [5.74, 6) is 0. The molecule has 1 rings (SSSR count). The van der Waals surface area contributed by atoms with Gasteiger partial charge in [0.1, 0.15) is 0 Å². The van der Waals surface area contributed by atoms with Crippen LogP contribution in [0.1, 0.15) is 36.0 Å². The maximum Gasteiger partial charge on any atom is 0.492 e. The van der Waals surface area contributed by atoms with Crippen LogP contribution in [0.5, 0.6) is 0 Å². The van der Waals surface area contributed by atoms with Gasteiger partial charge in [-0.1, -0.05) is 6.42 Å². The summed E-state index contributed by atoms with van der Waals surface area (Å²) in [5, 5.41) is 0. The minimum Gasteiger partial charge on any atom is -0.390 e. The van der Waals surface area contributed by atoms with Crippen molar-refractivity contribution in [2.75, 3.05) is 0 Å². The highest BCUT2D eigenvalue weighted by atomic mass is 28.4. The maximum absolute atomic E-state index is 12.7. The molecule has 0 spiro atoms. The van der Waals surface area contributed by atoms with Crippen molar-refractivity contribution in [3.8, 4) is 0 Å². The van der Waals surface area contributed by atoms with Gasteiger partial charge in [-0.3, -0.25) is 0 Å². The largest absolute Gasteiger partial charge is 0.492 e. The zero-order chi connectivity index (χ0) is 17.9. The van der Waals surface area contributed by atoms with E-state index in [9.17, 15) is 26.3 Å². The lowest BCUT2D eigenvalue weighted by Gasteiger charge is -2.14. The van der Waals surface area contributed by atoms with Crippen LogP contribution in [0.4, 0.5) is 26.3 Å². The molecule has 0 saturated heterocycles. The summed E-state index contributed by atoms with van der Waals surface area (Å²) >= 11 is 0. The van der Waals surface area contributed by atoms with Crippen LogP contribution in [-0.4, -0.2) is 23.2 Å². The van der Waals surface area contributed by atoms with Gasteiger partial charge in [0.2, 0.25) is 0 Å². The highest BCUT2D eigenvalue weighted by Gasteiger charge is 2.36. The summed E-state index contributed by atoms with van der Waals surface area (Å²) in [6, 6.07) is 1.22. The molecule has 1 aromatic rings. The van der Waals surface area contributed by atoms with E-state index < -0.39 is 32.3 Å². The summed E-state index contributed by atoms with van der Waals surface area (Å²) in [7, 11) is -4.15. The number of hydrogen-bond donors (Lipinski definition) is 3. The molecule has 132 valence electrons. The molecule has 0 saturated carbocycles. The number of hydrogen-bond acceptors (Lipinski definition) is 3. The van der Waals surface area contributed by atoms with Crippen molar-refractivity contribution < 1.29 is 40.7 Å². The molecule has 3 nitrogen and oxygen atoms in total. The summed E-state index contributed by atoms with van der Waals surface area (Å²) in [6.45, 7) is 0. The van der Waals surface area contributed by atoms with Crippen LogP contribution in [0, 0.1) is 0 Å². The molecule has 0 aliphatic rings. The van der Waals surface area contributed by atoms with Gasteiger partial charge in [-0.2, -0.15) is 26.3 Å². The molecule has 0 aliphatic heterocycles. The standard InChI is InChI=1S/C13H16F6O3Si/c14-12(15,16)10-6-9(7-11(8-10)13(17,18)19)4-2-1-3-5-23(20,21)22/h6-8,20-22H,1-5H2. The lowest BCUT2D eigenvalue weighted by atomic mass is 10.0. The van der Waals surface area contributed by atoms with Gasteiger partial charge < -0.3 is 14.4 Å². The number of aryl methyl sites for hydroxylation is 1. The lowest BCUT2D eigenvalue weighted by Crippen LogP contribution is -2.33. The van der Waals surface area contributed by atoms with Crippen LogP contribution < -0.4 is 0 Å². The highest BCUT2D eigenvalue weighted by molar-refractivity contribution is 6.56. The Morgan fingerprint density at radius 3 is 1.61 bits per heavy atom. The molecule has 1 aromatic carbocycles. The quantitative estimate of drug-likeness (QED) is 0.413. The minimum atomic E-state index is -4.87. The normalized spacial score (nSPS) is 13.4. The Kier molecular flexibility index (Phi) is 6.24. The van der Waals surface area contributed by atoms with Gasteiger partial charge in [0.25, 0.3) is 0 Å². The van der Waals surface area contributed by atoms with Gasteiger partial charge in [0, 0.05) is 6.04 Å². The number of halogens is 6. The topological polar surface area (TPSA) is 60.7 Å². The maximum atomic E-state index is 12.7. The third-order valence-electron chi connectivity index (χ3n) is 3.13. The van der Waals surface area contributed by atoms with Crippen molar-refractivity contribution in [3.63, 3.8) is 0 Å². The number of benzene rings is 1. The fourth-order valence-electron chi connectivity index (χ4n) is 2.03. The zero-order valence-electron chi connectivity index (χ0n) is 11.9. The highest BCUT2D eigenvalue weighted by Crippen LogP contribution is 2.36. The Balaban J connectivity index is 2.78. The van der Waals surface area contributed by atoms with E-state index in [0.29, 0.717) is 18.6 Å². The molecule has 0 unspecified atom stereocenters. The summed E-state index contributed by atoms with van der Waals surface area (Å²) in [5.41, 5.74) is -2.79. The fourth-order valence-corrected chi connectivity index (χ4v) is 2.76. The van der Waals surface area contributed by atoms with Crippen molar-refractivity contribution in [2.45, 2.75) is 44.1 Å². The zero-order valence-corrected chi connectivity index (χ0v) is 12.9. The van der Waals surface area contributed by atoms with Crippen molar-refractivity contribution in [1.82, 2.24) is 0 Å². The van der Waals surface area contributed by atoms with E-state index in [0.717, 1.165) is 0 Å². The van der Waals surface area contributed by atoms with Crippen LogP contribution in [-0.2, 0) is 18.8 Å². The predicted molar refractivity (Wildman–Crippen MR) is 71.2 cm³/mol. The van der Waals surface area contributed by atoms with Crippen molar-refractivity contribution in [1.29, 1.82) is 0 Å².